The quantitative estimate of drug-likeness (QED) is 0.653. The van der Waals surface area contributed by atoms with E-state index in [2.05, 4.69) is 6.58 Å². The number of hydrogen-bond acceptors (Lipinski definition) is 1. The summed E-state index contributed by atoms with van der Waals surface area (Å²) in [6.45, 7) is 6.02. The standard InChI is InChI=1S/C10H11ClO/c1-3-7-12-10-6-4-5-9(11)8(10)2/h3-6H,1,7H2,2H3. The Morgan fingerprint density at radius 3 is 3.00 bits per heavy atom. The third kappa shape index (κ3) is 2.02. The van der Waals surface area contributed by atoms with Crippen LogP contribution in [0.15, 0.2) is 30.9 Å². The first-order valence-corrected chi connectivity index (χ1v) is 4.12. The zero-order chi connectivity index (χ0) is 8.97. The second-order valence-electron chi connectivity index (χ2n) is 2.46. The van der Waals surface area contributed by atoms with Crippen LogP contribution in [0, 0.1) is 6.92 Å². The van der Waals surface area contributed by atoms with Gasteiger partial charge in [-0.3, -0.25) is 0 Å². The fourth-order valence-electron chi connectivity index (χ4n) is 0.893. The van der Waals surface area contributed by atoms with Gasteiger partial charge in [0.05, 0.1) is 0 Å². The molecule has 0 unspecified atom stereocenters. The van der Waals surface area contributed by atoms with E-state index < -0.39 is 0 Å². The lowest BCUT2D eigenvalue weighted by atomic mass is 10.2. The molecular weight excluding hydrogens is 172 g/mol. The molecule has 0 saturated heterocycles. The highest BCUT2D eigenvalue weighted by Crippen LogP contribution is 2.24. The zero-order valence-electron chi connectivity index (χ0n) is 7.01. The van der Waals surface area contributed by atoms with E-state index in [1.165, 1.54) is 0 Å². The van der Waals surface area contributed by atoms with E-state index in [9.17, 15) is 0 Å². The van der Waals surface area contributed by atoms with E-state index in [1.807, 2.05) is 25.1 Å². The molecule has 0 N–H and O–H groups in total. The molecule has 0 saturated carbocycles. The van der Waals surface area contributed by atoms with Crippen molar-refractivity contribution in [1.82, 2.24) is 0 Å². The van der Waals surface area contributed by atoms with Crippen LogP contribution < -0.4 is 4.74 Å². The van der Waals surface area contributed by atoms with Gasteiger partial charge in [-0.05, 0) is 19.1 Å². The molecule has 0 spiro atoms. The van der Waals surface area contributed by atoms with Crippen molar-refractivity contribution in [3.05, 3.63) is 41.4 Å². The van der Waals surface area contributed by atoms with Gasteiger partial charge in [-0.15, -0.1) is 0 Å². The van der Waals surface area contributed by atoms with Crippen molar-refractivity contribution in [2.45, 2.75) is 6.92 Å². The van der Waals surface area contributed by atoms with Crippen molar-refractivity contribution >= 4 is 11.6 Å². The van der Waals surface area contributed by atoms with Crippen molar-refractivity contribution in [2.24, 2.45) is 0 Å². The van der Waals surface area contributed by atoms with Gasteiger partial charge in [-0.2, -0.15) is 0 Å². The molecule has 0 fully saturated rings. The van der Waals surface area contributed by atoms with Crippen LogP contribution in [0.3, 0.4) is 0 Å². The molecular formula is C10H11ClO. The van der Waals surface area contributed by atoms with Crippen LogP contribution in [0.5, 0.6) is 5.75 Å². The van der Waals surface area contributed by atoms with Crippen LogP contribution in [-0.2, 0) is 0 Å². The van der Waals surface area contributed by atoms with Gasteiger partial charge in [0.25, 0.3) is 0 Å². The van der Waals surface area contributed by atoms with Crippen LogP contribution in [0.1, 0.15) is 5.56 Å². The van der Waals surface area contributed by atoms with Crippen molar-refractivity contribution in [3.8, 4) is 5.75 Å². The Hall–Kier alpha value is -0.950. The monoisotopic (exact) mass is 182 g/mol. The summed E-state index contributed by atoms with van der Waals surface area (Å²) in [7, 11) is 0. The SMILES string of the molecule is C=CCOc1cccc(Cl)c1C. The summed E-state index contributed by atoms with van der Waals surface area (Å²) in [6, 6.07) is 5.61. The summed E-state index contributed by atoms with van der Waals surface area (Å²) in [5, 5.41) is 0.733. The molecule has 0 amide bonds. The molecule has 64 valence electrons. The molecule has 1 aromatic rings. The van der Waals surface area contributed by atoms with Gasteiger partial charge >= 0.3 is 0 Å². The highest BCUT2D eigenvalue weighted by molar-refractivity contribution is 6.31. The Bertz CT molecular complexity index is 281. The number of ether oxygens (including phenoxy) is 1. The van der Waals surface area contributed by atoms with Crippen LogP contribution in [0.4, 0.5) is 0 Å². The lowest BCUT2D eigenvalue weighted by Gasteiger charge is -2.07. The van der Waals surface area contributed by atoms with Crippen molar-refractivity contribution in [3.63, 3.8) is 0 Å². The molecule has 1 rings (SSSR count). The van der Waals surface area contributed by atoms with Crippen molar-refractivity contribution in [1.29, 1.82) is 0 Å². The van der Waals surface area contributed by atoms with Gasteiger partial charge < -0.3 is 4.74 Å². The molecule has 0 aliphatic heterocycles. The Labute approximate surface area is 77.6 Å². The lowest BCUT2D eigenvalue weighted by Crippen LogP contribution is -1.94. The highest BCUT2D eigenvalue weighted by Gasteiger charge is 2.00. The van der Waals surface area contributed by atoms with Crippen molar-refractivity contribution < 1.29 is 4.74 Å². The first-order valence-electron chi connectivity index (χ1n) is 3.74. The number of halogens is 1. The maximum Gasteiger partial charge on any atom is 0.124 e. The predicted octanol–water partition coefficient (Wildman–Crippen LogP) is 3.21. The van der Waals surface area contributed by atoms with E-state index in [1.54, 1.807) is 6.08 Å². The average Bonchev–Trinajstić information content (AvgIpc) is 2.08. The molecule has 0 atom stereocenters. The second-order valence-corrected chi connectivity index (χ2v) is 2.87. The largest absolute Gasteiger partial charge is 0.489 e. The van der Waals surface area contributed by atoms with E-state index >= 15 is 0 Å². The first kappa shape index (κ1) is 9.14. The summed E-state index contributed by atoms with van der Waals surface area (Å²) in [5.41, 5.74) is 0.973. The van der Waals surface area contributed by atoms with E-state index in [0.717, 1.165) is 16.3 Å². The molecule has 2 heteroatoms. The number of rotatable bonds is 3. The Morgan fingerprint density at radius 1 is 1.58 bits per heavy atom. The molecule has 1 aromatic carbocycles. The maximum absolute atomic E-state index is 5.89. The fraction of sp³-hybridized carbons (Fsp3) is 0.200. The third-order valence-corrected chi connectivity index (χ3v) is 1.98. The minimum atomic E-state index is 0.515. The van der Waals surface area contributed by atoms with Gasteiger partial charge in [0.2, 0.25) is 0 Å². The molecule has 0 aliphatic carbocycles. The van der Waals surface area contributed by atoms with Crippen LogP contribution in [0.2, 0.25) is 5.02 Å². The van der Waals surface area contributed by atoms with E-state index in [-0.39, 0.29) is 0 Å². The Morgan fingerprint density at radius 2 is 2.33 bits per heavy atom. The van der Waals surface area contributed by atoms with Gasteiger partial charge in [-0.1, -0.05) is 30.3 Å². The van der Waals surface area contributed by atoms with Gasteiger partial charge in [0, 0.05) is 10.6 Å². The summed E-state index contributed by atoms with van der Waals surface area (Å²) < 4.78 is 5.36. The van der Waals surface area contributed by atoms with E-state index in [0.29, 0.717) is 6.61 Å². The maximum atomic E-state index is 5.89. The fourth-order valence-corrected chi connectivity index (χ4v) is 1.06. The smallest absolute Gasteiger partial charge is 0.124 e. The second kappa shape index (κ2) is 4.17. The van der Waals surface area contributed by atoms with Gasteiger partial charge in [0.1, 0.15) is 12.4 Å². The normalized spacial score (nSPS) is 9.50. The molecule has 1 nitrogen and oxygen atoms in total. The minimum absolute atomic E-state index is 0.515. The molecule has 0 radical (unpaired) electrons. The summed E-state index contributed by atoms with van der Waals surface area (Å²) >= 11 is 5.89. The van der Waals surface area contributed by atoms with Crippen LogP contribution >= 0.6 is 11.6 Å². The summed E-state index contributed by atoms with van der Waals surface area (Å²) in [6.07, 6.45) is 1.71. The summed E-state index contributed by atoms with van der Waals surface area (Å²) in [5.74, 6) is 0.822. The highest BCUT2D eigenvalue weighted by atomic mass is 35.5. The number of hydrogen-bond donors (Lipinski definition) is 0. The molecule has 0 aliphatic rings. The predicted molar refractivity (Wildman–Crippen MR) is 51.9 cm³/mol. The Balaban J connectivity index is 2.84. The lowest BCUT2D eigenvalue weighted by molar-refractivity contribution is 0.360. The topological polar surface area (TPSA) is 9.23 Å². The van der Waals surface area contributed by atoms with Crippen LogP contribution in [-0.4, -0.2) is 6.61 Å². The molecule has 12 heavy (non-hydrogen) atoms. The van der Waals surface area contributed by atoms with Crippen molar-refractivity contribution in [2.75, 3.05) is 6.61 Å². The molecule has 0 bridgehead atoms. The average molecular weight is 183 g/mol. The third-order valence-electron chi connectivity index (χ3n) is 1.57. The molecule has 0 aromatic heterocycles. The summed E-state index contributed by atoms with van der Waals surface area (Å²) in [4.78, 5) is 0. The zero-order valence-corrected chi connectivity index (χ0v) is 7.77. The van der Waals surface area contributed by atoms with Crippen LogP contribution in [0.25, 0.3) is 0 Å². The first-order chi connectivity index (χ1) is 5.75. The Kier molecular flexibility index (Phi) is 3.18. The number of benzene rings is 1. The van der Waals surface area contributed by atoms with Gasteiger partial charge in [0.15, 0.2) is 0 Å². The van der Waals surface area contributed by atoms with E-state index in [4.69, 9.17) is 16.3 Å². The minimum Gasteiger partial charge on any atom is -0.489 e. The molecule has 0 heterocycles. The van der Waals surface area contributed by atoms with Gasteiger partial charge in [-0.25, -0.2) is 0 Å².